The van der Waals surface area contributed by atoms with Gasteiger partial charge >= 0.3 is 17.9 Å². The zero-order valence-corrected chi connectivity index (χ0v) is 32.5. The topological polar surface area (TPSA) is 52.6 Å². The van der Waals surface area contributed by atoms with Crippen molar-refractivity contribution in [3.8, 4) is 0 Å². The van der Waals surface area contributed by atoms with Crippen LogP contribution in [0.2, 0.25) is 12.1 Å². The summed E-state index contributed by atoms with van der Waals surface area (Å²) < 4.78 is 10.0. The molecule has 0 aromatic rings. The van der Waals surface area contributed by atoms with Crippen LogP contribution in [0.4, 0.5) is 0 Å². The monoisotopic (exact) mass is 724 g/mol. The van der Waals surface area contributed by atoms with E-state index in [4.69, 9.17) is 65.9 Å². The van der Waals surface area contributed by atoms with Crippen LogP contribution >= 0.6 is 56.4 Å². The van der Waals surface area contributed by atoms with Gasteiger partial charge in [0.1, 0.15) is 0 Å². The molecule has 0 aliphatic rings. The SMILES string of the molecule is C=C(C)C(=O)OCCCCCCCCCCC[SiH2]C(Cl)Cl.C=C(C)C(=O)OCCCCCCCCCCC[Si](Cl)(Cl)Cl. The third-order valence-electron chi connectivity index (χ3n) is 6.58. The fourth-order valence-electron chi connectivity index (χ4n) is 4.06. The quantitative estimate of drug-likeness (QED) is 0.0211. The molecule has 0 radical (unpaired) electrons. The fraction of sp³-hybridized carbons (Fsp3) is 0.806. The number of hydrogen-bond acceptors (Lipinski definition) is 4. The van der Waals surface area contributed by atoms with Crippen molar-refractivity contribution in [1.29, 1.82) is 0 Å². The van der Waals surface area contributed by atoms with Gasteiger partial charge in [0.15, 0.2) is 0 Å². The van der Waals surface area contributed by atoms with Crippen molar-refractivity contribution in [3.05, 3.63) is 24.3 Å². The number of carbonyl (C=O) groups is 2. The Morgan fingerprint density at radius 3 is 1.21 bits per heavy atom. The van der Waals surface area contributed by atoms with Crippen molar-refractivity contribution in [3.63, 3.8) is 0 Å². The van der Waals surface area contributed by atoms with E-state index >= 15 is 0 Å². The molecule has 11 heteroatoms. The van der Waals surface area contributed by atoms with Gasteiger partial charge in [0.25, 0.3) is 0 Å². The second-order valence-electron chi connectivity index (χ2n) is 11.1. The molecule has 4 nitrogen and oxygen atoms in total. The molecule has 0 spiro atoms. The number of carbonyl (C=O) groups excluding carboxylic acids is 2. The van der Waals surface area contributed by atoms with Crippen molar-refractivity contribution in [1.82, 2.24) is 0 Å². The van der Waals surface area contributed by atoms with Crippen LogP contribution in [0.15, 0.2) is 24.3 Å². The van der Waals surface area contributed by atoms with Crippen LogP contribution in [0, 0.1) is 0 Å². The highest BCUT2D eigenvalue weighted by atomic mass is 35.8. The predicted molar refractivity (Wildman–Crippen MR) is 192 cm³/mol. The molecule has 0 fully saturated rings. The van der Waals surface area contributed by atoms with Crippen molar-refractivity contribution >= 4 is 83.9 Å². The summed E-state index contributed by atoms with van der Waals surface area (Å²) in [5.41, 5.74) is 0.942. The van der Waals surface area contributed by atoms with Crippen molar-refractivity contribution < 1.29 is 19.1 Å². The summed E-state index contributed by atoms with van der Waals surface area (Å²) in [6.07, 6.45) is 21.7. The molecule has 0 unspecified atom stereocenters. The Hall–Kier alpha value is 0.304. The van der Waals surface area contributed by atoms with E-state index in [0.717, 1.165) is 44.6 Å². The first-order valence-electron chi connectivity index (χ1n) is 15.9. The molecule has 42 heavy (non-hydrogen) atoms. The lowest BCUT2D eigenvalue weighted by Gasteiger charge is -2.07. The van der Waals surface area contributed by atoms with Gasteiger partial charge in [-0.15, -0.1) is 56.4 Å². The highest BCUT2D eigenvalue weighted by Crippen LogP contribution is 2.27. The molecule has 0 atom stereocenters. The average molecular weight is 727 g/mol. The molecule has 0 saturated heterocycles. The molecule has 0 heterocycles. The Bertz CT molecular complexity index is 703. The first kappa shape index (κ1) is 44.4. The Labute approximate surface area is 284 Å². The first-order chi connectivity index (χ1) is 19.9. The minimum atomic E-state index is -2.39. The predicted octanol–water partition coefficient (Wildman–Crippen LogP) is 11.2. The van der Waals surface area contributed by atoms with Gasteiger partial charge in [-0.1, -0.05) is 122 Å². The molecule has 0 aliphatic carbocycles. The highest BCUT2D eigenvalue weighted by Gasteiger charge is 2.23. The van der Waals surface area contributed by atoms with Crippen LogP contribution in [-0.2, 0) is 19.1 Å². The summed E-state index contributed by atoms with van der Waals surface area (Å²) in [7, 11) is -0.231. The van der Waals surface area contributed by atoms with Crippen LogP contribution in [0.1, 0.15) is 129 Å². The summed E-state index contributed by atoms with van der Waals surface area (Å²) in [6, 6.07) is -0.335. The van der Waals surface area contributed by atoms with E-state index in [1.807, 2.05) is 0 Å². The Morgan fingerprint density at radius 1 is 0.595 bits per heavy atom. The Morgan fingerprint density at radius 2 is 0.905 bits per heavy atom. The number of esters is 2. The zero-order chi connectivity index (χ0) is 32.1. The molecule has 0 amide bonds. The van der Waals surface area contributed by atoms with Crippen LogP contribution < -0.4 is 0 Å². The highest BCUT2D eigenvalue weighted by molar-refractivity contribution is 7.64. The van der Waals surface area contributed by atoms with E-state index in [1.165, 1.54) is 83.1 Å². The lowest BCUT2D eigenvalue weighted by Crippen LogP contribution is -2.07. The second-order valence-corrected chi connectivity index (χ2v) is 24.8. The molecular formula is C31H57Cl5O4Si2. The molecular weight excluding hydrogens is 670 g/mol. The summed E-state index contributed by atoms with van der Waals surface area (Å²) in [6.45, 7) is 11.5. The van der Waals surface area contributed by atoms with E-state index in [2.05, 4.69) is 13.2 Å². The van der Waals surface area contributed by atoms with Gasteiger partial charge in [-0.2, -0.15) is 0 Å². The largest absolute Gasteiger partial charge is 0.462 e. The minimum absolute atomic E-state index is 0.0559. The lowest BCUT2D eigenvalue weighted by atomic mass is 10.1. The van der Waals surface area contributed by atoms with Gasteiger partial charge in [-0.05, 0) is 32.7 Å². The average Bonchev–Trinajstić information content (AvgIpc) is 2.91. The summed E-state index contributed by atoms with van der Waals surface area (Å²) in [5, 5.41) is 0. The van der Waals surface area contributed by atoms with Gasteiger partial charge in [0.2, 0.25) is 0 Å². The van der Waals surface area contributed by atoms with Gasteiger partial charge in [0, 0.05) is 11.1 Å². The minimum Gasteiger partial charge on any atom is -0.462 e. The van der Waals surface area contributed by atoms with Crippen molar-refractivity contribution in [2.75, 3.05) is 13.2 Å². The number of ether oxygens (including phenoxy) is 2. The number of alkyl halides is 2. The van der Waals surface area contributed by atoms with Crippen LogP contribution in [0.3, 0.4) is 0 Å². The normalized spacial score (nSPS) is 11.4. The maximum atomic E-state index is 11.1. The van der Waals surface area contributed by atoms with Gasteiger partial charge < -0.3 is 9.47 Å². The van der Waals surface area contributed by atoms with E-state index in [9.17, 15) is 9.59 Å². The third-order valence-corrected chi connectivity index (χ3v) is 11.9. The second kappa shape index (κ2) is 31.3. The van der Waals surface area contributed by atoms with Gasteiger partial charge in [-0.3, -0.25) is 0 Å². The van der Waals surface area contributed by atoms with Crippen molar-refractivity contribution in [2.45, 2.75) is 146 Å². The fourth-order valence-corrected chi connectivity index (χ4v) is 7.79. The number of rotatable bonds is 27. The number of halogens is 5. The molecule has 0 aliphatic heterocycles. The van der Waals surface area contributed by atoms with Gasteiger partial charge in [-0.25, -0.2) is 9.59 Å². The molecule has 0 aromatic heterocycles. The van der Waals surface area contributed by atoms with E-state index in [0.29, 0.717) is 24.4 Å². The number of unbranched alkanes of at least 4 members (excludes halogenated alkanes) is 16. The molecule has 0 bridgehead atoms. The molecule has 0 rings (SSSR count). The Kier molecular flexibility index (Phi) is 33.1. The van der Waals surface area contributed by atoms with Crippen LogP contribution in [-0.4, -0.2) is 45.1 Å². The molecule has 248 valence electrons. The zero-order valence-electron chi connectivity index (χ0n) is 26.3. The smallest absolute Gasteiger partial charge is 0.341 e. The van der Waals surface area contributed by atoms with Gasteiger partial charge in [0.05, 0.1) is 27.2 Å². The number of hydrogen-bond donors (Lipinski definition) is 0. The van der Waals surface area contributed by atoms with Crippen molar-refractivity contribution in [2.24, 2.45) is 0 Å². The Balaban J connectivity index is 0. The lowest BCUT2D eigenvalue weighted by molar-refractivity contribution is -0.139. The third kappa shape index (κ3) is 38.3. The van der Waals surface area contributed by atoms with Crippen LogP contribution in [0.25, 0.3) is 0 Å². The molecule has 0 aromatic carbocycles. The molecule has 0 N–H and O–H groups in total. The van der Waals surface area contributed by atoms with E-state index < -0.39 is 6.00 Å². The summed E-state index contributed by atoms with van der Waals surface area (Å²) >= 11 is 29.0. The standard InChI is InChI=1S/C16H30Cl2O2Si.C15H27Cl3O2Si/c1-14(2)15(19)20-12-10-8-6-4-3-5-7-9-11-13-21-16(17)18;1-14(2)15(19)20-12-10-8-6-4-3-5-7-9-11-13-21(16,17)18/h16H,1,3-13,21H2,2H3;1,3-13H2,2H3. The van der Waals surface area contributed by atoms with E-state index in [1.54, 1.807) is 13.8 Å². The van der Waals surface area contributed by atoms with Crippen LogP contribution in [0.5, 0.6) is 0 Å². The maximum absolute atomic E-state index is 11.1. The van der Waals surface area contributed by atoms with E-state index in [-0.39, 0.29) is 25.9 Å². The summed E-state index contributed by atoms with van der Waals surface area (Å²) in [4.78, 5) is 22.2. The molecule has 0 saturated carbocycles. The maximum Gasteiger partial charge on any atom is 0.341 e. The summed E-state index contributed by atoms with van der Waals surface area (Å²) in [5.74, 6) is -0.555. The first-order valence-corrected chi connectivity index (χ1v) is 23.8.